The quantitative estimate of drug-likeness (QED) is 0.753. The van der Waals surface area contributed by atoms with E-state index in [0.717, 1.165) is 43.5 Å². The van der Waals surface area contributed by atoms with Gasteiger partial charge in [0.15, 0.2) is 6.29 Å². The van der Waals surface area contributed by atoms with E-state index in [1.807, 2.05) is 12.1 Å². The molecular formula is C20H20N2O2. The minimum Gasteiger partial charge on any atom is -0.497 e. The van der Waals surface area contributed by atoms with E-state index < -0.39 is 0 Å². The number of methoxy groups -OCH3 is 1. The van der Waals surface area contributed by atoms with Crippen LogP contribution in [-0.4, -0.2) is 31.1 Å². The first-order valence-electron chi connectivity index (χ1n) is 8.26. The predicted molar refractivity (Wildman–Crippen MR) is 95.9 cm³/mol. The number of hydrogen-bond donors (Lipinski definition) is 1. The average Bonchev–Trinajstić information content (AvgIpc) is 2.81. The number of rotatable bonds is 3. The van der Waals surface area contributed by atoms with Gasteiger partial charge in [0.2, 0.25) is 0 Å². The van der Waals surface area contributed by atoms with E-state index in [1.165, 1.54) is 16.6 Å². The lowest BCUT2D eigenvalue weighted by Gasteiger charge is -2.10. The molecule has 4 heteroatoms. The van der Waals surface area contributed by atoms with Gasteiger partial charge in [0.05, 0.1) is 7.11 Å². The second-order valence-corrected chi connectivity index (χ2v) is 6.13. The van der Waals surface area contributed by atoms with Crippen molar-refractivity contribution in [3.8, 4) is 16.9 Å². The highest BCUT2D eigenvalue weighted by atomic mass is 16.5. The molecule has 3 aromatic rings. The van der Waals surface area contributed by atoms with Gasteiger partial charge in [0, 0.05) is 42.8 Å². The Morgan fingerprint density at radius 2 is 2.04 bits per heavy atom. The van der Waals surface area contributed by atoms with Crippen LogP contribution in [0.1, 0.15) is 16.1 Å². The van der Waals surface area contributed by atoms with Crippen molar-refractivity contribution in [2.75, 3.05) is 20.2 Å². The summed E-state index contributed by atoms with van der Waals surface area (Å²) in [6, 6.07) is 14.4. The molecular weight excluding hydrogens is 300 g/mol. The summed E-state index contributed by atoms with van der Waals surface area (Å²) < 4.78 is 7.62. The van der Waals surface area contributed by atoms with E-state index >= 15 is 0 Å². The fourth-order valence-electron chi connectivity index (χ4n) is 3.51. The number of nitrogens with one attached hydrogen (secondary N) is 1. The fraction of sp³-hybridized carbons (Fsp3) is 0.250. The molecule has 1 aliphatic heterocycles. The Balaban J connectivity index is 1.86. The van der Waals surface area contributed by atoms with E-state index in [0.29, 0.717) is 11.3 Å². The Labute approximate surface area is 141 Å². The summed E-state index contributed by atoms with van der Waals surface area (Å²) in [5.74, 6) is 0.699. The van der Waals surface area contributed by atoms with Gasteiger partial charge < -0.3 is 14.6 Å². The first kappa shape index (κ1) is 15.0. The number of ether oxygens (including phenoxy) is 1. The highest BCUT2D eigenvalue weighted by Crippen LogP contribution is 2.30. The second kappa shape index (κ2) is 6.13. The number of aromatic nitrogens is 1. The molecule has 122 valence electrons. The van der Waals surface area contributed by atoms with Crippen molar-refractivity contribution in [2.24, 2.45) is 0 Å². The van der Waals surface area contributed by atoms with Crippen LogP contribution in [0.15, 0.2) is 42.5 Å². The molecule has 1 N–H and O–H groups in total. The van der Waals surface area contributed by atoms with Crippen LogP contribution in [0.2, 0.25) is 0 Å². The predicted octanol–water partition coefficient (Wildman–Crippen LogP) is 3.28. The lowest BCUT2D eigenvalue weighted by molar-refractivity contribution is 0.112. The Bertz CT molecular complexity index is 911. The highest BCUT2D eigenvalue weighted by molar-refractivity contribution is 5.92. The fourth-order valence-corrected chi connectivity index (χ4v) is 3.51. The number of aldehydes is 1. The van der Waals surface area contributed by atoms with Crippen LogP contribution in [0.5, 0.6) is 5.75 Å². The molecule has 0 atom stereocenters. The van der Waals surface area contributed by atoms with Crippen molar-refractivity contribution in [3.63, 3.8) is 0 Å². The largest absolute Gasteiger partial charge is 0.497 e. The molecule has 4 rings (SSSR count). The highest BCUT2D eigenvalue weighted by Gasteiger charge is 2.13. The number of benzene rings is 2. The maximum absolute atomic E-state index is 11.5. The SMILES string of the molecule is COc1ccc(-c2ccc3cc4n(c3c2)CCNCC4)c(C=O)c1. The number of nitrogens with zero attached hydrogens (tertiary/aromatic N) is 1. The van der Waals surface area contributed by atoms with Crippen LogP contribution in [0.3, 0.4) is 0 Å². The third-order valence-electron chi connectivity index (χ3n) is 4.76. The molecule has 2 heterocycles. The second-order valence-electron chi connectivity index (χ2n) is 6.13. The molecule has 24 heavy (non-hydrogen) atoms. The number of carbonyl (C=O) groups is 1. The van der Waals surface area contributed by atoms with E-state index in [4.69, 9.17) is 4.74 Å². The Morgan fingerprint density at radius 3 is 2.88 bits per heavy atom. The smallest absolute Gasteiger partial charge is 0.150 e. The van der Waals surface area contributed by atoms with Crippen LogP contribution >= 0.6 is 0 Å². The van der Waals surface area contributed by atoms with Gasteiger partial charge in [-0.15, -0.1) is 0 Å². The van der Waals surface area contributed by atoms with Crippen molar-refractivity contribution in [1.82, 2.24) is 9.88 Å². The molecule has 0 unspecified atom stereocenters. The summed E-state index contributed by atoms with van der Waals surface area (Å²) in [5.41, 5.74) is 5.26. The lowest BCUT2D eigenvalue weighted by atomic mass is 9.99. The summed E-state index contributed by atoms with van der Waals surface area (Å²) in [6.45, 7) is 2.99. The van der Waals surface area contributed by atoms with Crippen molar-refractivity contribution in [1.29, 1.82) is 0 Å². The number of fused-ring (bicyclic) bond motifs is 3. The zero-order chi connectivity index (χ0) is 16.5. The van der Waals surface area contributed by atoms with Gasteiger partial charge in [-0.05, 0) is 46.8 Å². The molecule has 0 bridgehead atoms. The van der Waals surface area contributed by atoms with Gasteiger partial charge >= 0.3 is 0 Å². The van der Waals surface area contributed by atoms with Crippen molar-refractivity contribution in [2.45, 2.75) is 13.0 Å². The molecule has 1 aromatic heterocycles. The van der Waals surface area contributed by atoms with Crippen molar-refractivity contribution >= 4 is 17.2 Å². The van der Waals surface area contributed by atoms with Crippen LogP contribution in [0, 0.1) is 0 Å². The van der Waals surface area contributed by atoms with E-state index in [2.05, 4.69) is 34.1 Å². The maximum atomic E-state index is 11.5. The van der Waals surface area contributed by atoms with Gasteiger partial charge in [0.25, 0.3) is 0 Å². The maximum Gasteiger partial charge on any atom is 0.150 e. The summed E-state index contributed by atoms with van der Waals surface area (Å²) in [5, 5.41) is 4.70. The van der Waals surface area contributed by atoms with Crippen LogP contribution in [0.25, 0.3) is 22.0 Å². The zero-order valence-corrected chi connectivity index (χ0v) is 13.7. The molecule has 0 fully saturated rings. The molecule has 0 saturated heterocycles. The lowest BCUT2D eigenvalue weighted by Crippen LogP contribution is -2.17. The standard InChI is InChI=1S/C20H20N2O2/c1-24-18-4-5-19(16(11-18)13-23)14-2-3-15-10-17-6-7-21-8-9-22(17)20(15)12-14/h2-5,10-13,21H,6-9H2,1H3. The Morgan fingerprint density at radius 1 is 1.12 bits per heavy atom. The summed E-state index contributed by atoms with van der Waals surface area (Å²) in [6.07, 6.45) is 1.94. The molecule has 2 aromatic carbocycles. The number of hydrogen-bond acceptors (Lipinski definition) is 3. The first-order valence-corrected chi connectivity index (χ1v) is 8.26. The minimum absolute atomic E-state index is 0.651. The molecule has 0 aliphatic carbocycles. The van der Waals surface area contributed by atoms with Crippen LogP contribution in [-0.2, 0) is 13.0 Å². The zero-order valence-electron chi connectivity index (χ0n) is 13.7. The monoisotopic (exact) mass is 320 g/mol. The van der Waals surface area contributed by atoms with Gasteiger partial charge in [-0.2, -0.15) is 0 Å². The molecule has 0 amide bonds. The van der Waals surface area contributed by atoms with Crippen LogP contribution < -0.4 is 10.1 Å². The van der Waals surface area contributed by atoms with E-state index in [9.17, 15) is 4.79 Å². The topological polar surface area (TPSA) is 43.3 Å². The third-order valence-corrected chi connectivity index (χ3v) is 4.76. The van der Waals surface area contributed by atoms with Crippen molar-refractivity contribution < 1.29 is 9.53 Å². The van der Waals surface area contributed by atoms with Gasteiger partial charge in [0.1, 0.15) is 5.75 Å². The van der Waals surface area contributed by atoms with Crippen molar-refractivity contribution in [3.05, 3.63) is 53.7 Å². The minimum atomic E-state index is 0.651. The molecule has 4 nitrogen and oxygen atoms in total. The van der Waals surface area contributed by atoms with E-state index in [1.54, 1.807) is 13.2 Å². The molecule has 0 spiro atoms. The van der Waals surface area contributed by atoms with Gasteiger partial charge in [-0.1, -0.05) is 12.1 Å². The summed E-state index contributed by atoms with van der Waals surface area (Å²) in [4.78, 5) is 11.5. The Hall–Kier alpha value is -2.59. The molecule has 0 saturated carbocycles. The average molecular weight is 320 g/mol. The van der Waals surface area contributed by atoms with E-state index in [-0.39, 0.29) is 0 Å². The number of carbonyl (C=O) groups excluding carboxylic acids is 1. The molecule has 1 aliphatic rings. The summed E-state index contributed by atoms with van der Waals surface area (Å²) >= 11 is 0. The normalized spacial score (nSPS) is 14.2. The third kappa shape index (κ3) is 2.49. The molecule has 0 radical (unpaired) electrons. The summed E-state index contributed by atoms with van der Waals surface area (Å²) in [7, 11) is 1.61. The van der Waals surface area contributed by atoms with Gasteiger partial charge in [-0.3, -0.25) is 4.79 Å². The Kier molecular flexibility index (Phi) is 3.82. The van der Waals surface area contributed by atoms with Crippen LogP contribution in [0.4, 0.5) is 0 Å². The van der Waals surface area contributed by atoms with Gasteiger partial charge in [-0.25, -0.2) is 0 Å². The first-order chi connectivity index (χ1) is 11.8.